The van der Waals surface area contributed by atoms with Crippen LogP contribution in [0.4, 0.5) is 0 Å². The van der Waals surface area contributed by atoms with Crippen LogP contribution in [0.3, 0.4) is 0 Å². The van der Waals surface area contributed by atoms with E-state index < -0.39 is 16.0 Å². The molecule has 0 saturated heterocycles. The van der Waals surface area contributed by atoms with E-state index >= 15 is 0 Å². The fraction of sp³-hybridized carbons (Fsp3) is 0.600. The normalized spacial score (nSPS) is 9.69. The molecule has 0 amide bonds. The Kier molecular flexibility index (Phi) is 16.3. The molecule has 13 heavy (non-hydrogen) atoms. The van der Waals surface area contributed by atoms with Gasteiger partial charge in [0.2, 0.25) is 5.05 Å². The van der Waals surface area contributed by atoms with E-state index in [0.29, 0.717) is 0 Å². The molecule has 0 heterocycles. The van der Waals surface area contributed by atoms with Gasteiger partial charge in [-0.1, -0.05) is 0 Å². The number of nitrogens with zero attached hydrogens (tertiary/aromatic N) is 1. The van der Waals surface area contributed by atoms with Crippen molar-refractivity contribution in [3.8, 4) is 0 Å². The molecule has 0 spiro atoms. The zero-order valence-electron chi connectivity index (χ0n) is 6.55. The topological polar surface area (TPSA) is 83.6 Å². The fourth-order valence-corrected chi connectivity index (χ4v) is 0.176. The summed E-state index contributed by atoms with van der Waals surface area (Å²) in [7, 11) is 0. The first kappa shape index (κ1) is 19.4. The van der Waals surface area contributed by atoms with Crippen LogP contribution < -0.4 is 0 Å². The molecule has 5 nitrogen and oxygen atoms in total. The molecule has 1 atom stereocenters. The molecule has 2 N–H and O–H groups in total. The number of nitro groups is 1. The number of rotatable bonds is 2. The Morgan fingerprint density at radius 1 is 1.46 bits per heavy atom. The van der Waals surface area contributed by atoms with Gasteiger partial charge in [0.25, 0.3) is 6.04 Å². The zero-order chi connectivity index (χ0) is 10.3. The van der Waals surface area contributed by atoms with Gasteiger partial charge in [0.15, 0.2) is 5.05 Å². The number of thiocarbonyl (C=S) groups is 2. The Bertz CT molecular complexity index is 181. The van der Waals surface area contributed by atoms with Crippen molar-refractivity contribution in [3.05, 3.63) is 10.1 Å². The predicted molar refractivity (Wildman–Crippen MR) is 59.7 cm³/mol. The summed E-state index contributed by atoms with van der Waals surface area (Å²) >= 11 is 8.20. The molecular formula is C5H10KNO4S2. The van der Waals surface area contributed by atoms with Crippen molar-refractivity contribution >= 4 is 85.9 Å². The molecule has 0 aliphatic heterocycles. The van der Waals surface area contributed by atoms with E-state index in [1.54, 1.807) is 0 Å². The molecule has 0 rings (SSSR count). The van der Waals surface area contributed by atoms with E-state index in [9.17, 15) is 10.1 Å². The third-order valence-corrected chi connectivity index (χ3v) is 1.01. The van der Waals surface area contributed by atoms with Gasteiger partial charge < -0.3 is 10.2 Å². The van der Waals surface area contributed by atoms with E-state index in [2.05, 4.69) is 24.4 Å². The maximum absolute atomic E-state index is 9.70. The first-order chi connectivity index (χ1) is 5.29. The van der Waals surface area contributed by atoms with E-state index in [1.165, 1.54) is 13.8 Å². The van der Waals surface area contributed by atoms with Gasteiger partial charge >= 0.3 is 51.4 Å². The zero-order valence-corrected chi connectivity index (χ0v) is 8.18. The van der Waals surface area contributed by atoms with Crippen molar-refractivity contribution in [2.45, 2.75) is 19.9 Å². The van der Waals surface area contributed by atoms with Gasteiger partial charge in [-0.2, -0.15) is 0 Å². The van der Waals surface area contributed by atoms with Crippen LogP contribution in [0.5, 0.6) is 0 Å². The van der Waals surface area contributed by atoms with Gasteiger partial charge in [-0.15, -0.1) is 0 Å². The van der Waals surface area contributed by atoms with Gasteiger partial charge in [-0.3, -0.25) is 10.1 Å². The second kappa shape index (κ2) is 10.9. The van der Waals surface area contributed by atoms with Gasteiger partial charge in [0, 0.05) is 18.8 Å². The van der Waals surface area contributed by atoms with Crippen LogP contribution in [0.2, 0.25) is 0 Å². The van der Waals surface area contributed by atoms with Gasteiger partial charge in [-0.05, 0) is 24.4 Å². The summed E-state index contributed by atoms with van der Waals surface area (Å²) in [6, 6.07) is -1.12. The number of hydrogen-bond acceptors (Lipinski definition) is 4. The Labute approximate surface area is 129 Å². The van der Waals surface area contributed by atoms with E-state index in [4.69, 9.17) is 10.2 Å². The number of hydrogen-bond donors (Lipinski definition) is 2. The monoisotopic (exact) mass is 251 g/mol. The average Bonchev–Trinajstić information content (AvgIpc) is 1.84. The van der Waals surface area contributed by atoms with Gasteiger partial charge in [-0.25, -0.2) is 0 Å². The number of aliphatic hydroxyl groups excluding tert-OH is 2. The summed E-state index contributed by atoms with van der Waals surface area (Å²) < 4.78 is 0. The van der Waals surface area contributed by atoms with Crippen LogP contribution in [0.15, 0.2) is 0 Å². The second-order valence-corrected chi connectivity index (χ2v) is 2.83. The second-order valence-electron chi connectivity index (χ2n) is 1.82. The maximum atomic E-state index is 9.70. The molecule has 0 aromatic heterocycles. The van der Waals surface area contributed by atoms with Crippen LogP contribution in [0, 0.1) is 10.1 Å². The molecule has 0 saturated carbocycles. The summed E-state index contributed by atoms with van der Waals surface area (Å²) in [6.45, 7) is 2.68. The van der Waals surface area contributed by atoms with Gasteiger partial charge in [0.1, 0.15) is 0 Å². The van der Waals surface area contributed by atoms with E-state index in [1.807, 2.05) is 0 Å². The Hall–Kier alpha value is 0.816. The first-order valence-corrected chi connectivity index (χ1v) is 3.66. The molecule has 0 radical (unpaired) electrons. The molecule has 0 bridgehead atoms. The first-order valence-electron chi connectivity index (χ1n) is 2.84. The molecule has 0 aliphatic carbocycles. The quantitative estimate of drug-likeness (QED) is 0.326. The summed E-state index contributed by atoms with van der Waals surface area (Å²) in [4.78, 5) is 9.05. The standard InChI is InChI=1S/C3H5NO3S.C2H4OS.K.H/c1-2(3(5)8)4(6)7;1-2(3)4;;/h2H,1H3,(H,5,8);1H3,(H,3,4);;. The van der Waals surface area contributed by atoms with E-state index in [0.717, 1.165) is 0 Å². The van der Waals surface area contributed by atoms with Crippen LogP contribution in [0.1, 0.15) is 13.8 Å². The Morgan fingerprint density at radius 3 is 1.69 bits per heavy atom. The minimum atomic E-state index is -1.12. The molecule has 0 fully saturated rings. The Balaban J connectivity index is -0.000000173. The summed E-state index contributed by atoms with van der Waals surface area (Å²) in [5, 5.41) is 25.2. The molecule has 0 aromatic rings. The van der Waals surface area contributed by atoms with Crippen LogP contribution in [0.25, 0.3) is 0 Å². The van der Waals surface area contributed by atoms with Crippen LogP contribution in [-0.4, -0.2) is 82.7 Å². The SMILES string of the molecule is CC(C(O)=S)[N+](=O)[O-].CC(O)=S.[KH]. The molecule has 0 aliphatic rings. The summed E-state index contributed by atoms with van der Waals surface area (Å²) in [5.41, 5.74) is 0. The summed E-state index contributed by atoms with van der Waals surface area (Å²) in [6.07, 6.45) is 0. The van der Waals surface area contributed by atoms with Crippen molar-refractivity contribution in [1.29, 1.82) is 0 Å². The molecule has 0 aromatic carbocycles. The Morgan fingerprint density at radius 2 is 1.69 bits per heavy atom. The number of aliphatic hydroxyl groups is 2. The van der Waals surface area contributed by atoms with Crippen LogP contribution in [-0.2, 0) is 0 Å². The molecular weight excluding hydrogens is 241 g/mol. The van der Waals surface area contributed by atoms with Crippen molar-refractivity contribution in [3.63, 3.8) is 0 Å². The van der Waals surface area contributed by atoms with Crippen molar-refractivity contribution in [2.24, 2.45) is 0 Å². The van der Waals surface area contributed by atoms with Crippen LogP contribution >= 0.6 is 24.4 Å². The van der Waals surface area contributed by atoms with Crippen molar-refractivity contribution in [1.82, 2.24) is 0 Å². The average molecular weight is 251 g/mol. The summed E-state index contributed by atoms with van der Waals surface area (Å²) in [5.74, 6) is 0. The third-order valence-electron chi connectivity index (χ3n) is 0.674. The van der Waals surface area contributed by atoms with E-state index in [-0.39, 0.29) is 56.4 Å². The third kappa shape index (κ3) is 19.3. The van der Waals surface area contributed by atoms with Gasteiger partial charge in [0.05, 0.1) is 0 Å². The molecule has 1 unspecified atom stereocenters. The fourth-order valence-electron chi connectivity index (χ4n) is 0.0902. The predicted octanol–water partition coefficient (Wildman–Crippen LogP) is 0.780. The minimum absolute atomic E-state index is 0. The van der Waals surface area contributed by atoms with Crippen molar-refractivity contribution < 1.29 is 15.1 Å². The molecule has 72 valence electrons. The molecule has 8 heteroatoms. The van der Waals surface area contributed by atoms with Crippen molar-refractivity contribution in [2.75, 3.05) is 0 Å².